The molecule has 0 radical (unpaired) electrons. The Kier molecular flexibility index (Phi) is 3.74. The second-order valence-corrected chi connectivity index (χ2v) is 5.19. The van der Waals surface area contributed by atoms with Gasteiger partial charge in [-0.15, -0.1) is 11.3 Å². The van der Waals surface area contributed by atoms with Crippen molar-refractivity contribution in [1.82, 2.24) is 15.0 Å². The average Bonchev–Trinajstić information content (AvgIpc) is 3.16. The number of ether oxygens (including phenoxy) is 1. The number of hydrogen-bond donors (Lipinski definition) is 0. The molecule has 106 valence electrons. The molecule has 21 heavy (non-hydrogen) atoms. The van der Waals surface area contributed by atoms with E-state index in [1.54, 1.807) is 6.92 Å². The van der Waals surface area contributed by atoms with Crippen LogP contribution < -0.4 is 0 Å². The van der Waals surface area contributed by atoms with Crippen LogP contribution >= 0.6 is 11.3 Å². The SMILES string of the molecule is Cc1cnc(C(=O)OCc2coc(-c3cccs3)n2)cn1. The first-order valence-corrected chi connectivity index (χ1v) is 7.04. The second-order valence-electron chi connectivity index (χ2n) is 4.24. The van der Waals surface area contributed by atoms with E-state index in [0.29, 0.717) is 11.6 Å². The van der Waals surface area contributed by atoms with Crippen molar-refractivity contribution in [3.8, 4) is 10.8 Å². The van der Waals surface area contributed by atoms with Crippen LogP contribution in [0.1, 0.15) is 21.9 Å². The van der Waals surface area contributed by atoms with Crippen LogP contribution in [0.2, 0.25) is 0 Å². The molecule has 0 aliphatic carbocycles. The van der Waals surface area contributed by atoms with Crippen LogP contribution in [-0.4, -0.2) is 20.9 Å². The molecule has 7 heteroatoms. The first-order valence-electron chi connectivity index (χ1n) is 6.16. The number of rotatable bonds is 4. The molecule has 0 atom stereocenters. The maximum atomic E-state index is 11.8. The highest BCUT2D eigenvalue weighted by molar-refractivity contribution is 7.13. The highest BCUT2D eigenvalue weighted by atomic mass is 32.1. The number of carbonyl (C=O) groups excluding carboxylic acids is 1. The molecule has 0 saturated carbocycles. The van der Waals surface area contributed by atoms with Crippen LogP contribution in [0.25, 0.3) is 10.8 Å². The highest BCUT2D eigenvalue weighted by Gasteiger charge is 2.12. The molecular formula is C14H11N3O3S. The van der Waals surface area contributed by atoms with Crippen molar-refractivity contribution in [2.45, 2.75) is 13.5 Å². The summed E-state index contributed by atoms with van der Waals surface area (Å²) in [6.07, 6.45) is 4.38. The first kappa shape index (κ1) is 13.4. The zero-order chi connectivity index (χ0) is 14.7. The number of thiophene rings is 1. The summed E-state index contributed by atoms with van der Waals surface area (Å²) in [5, 5.41) is 1.94. The van der Waals surface area contributed by atoms with Crippen LogP contribution in [0.5, 0.6) is 0 Å². The number of oxazole rings is 1. The van der Waals surface area contributed by atoms with Crippen molar-refractivity contribution in [1.29, 1.82) is 0 Å². The fourth-order valence-electron chi connectivity index (χ4n) is 1.60. The van der Waals surface area contributed by atoms with Gasteiger partial charge in [-0.3, -0.25) is 4.98 Å². The number of aromatic nitrogens is 3. The van der Waals surface area contributed by atoms with E-state index in [9.17, 15) is 4.79 Å². The topological polar surface area (TPSA) is 78.1 Å². The summed E-state index contributed by atoms with van der Waals surface area (Å²) in [5.41, 5.74) is 1.46. The summed E-state index contributed by atoms with van der Waals surface area (Å²) >= 11 is 1.53. The van der Waals surface area contributed by atoms with Crippen molar-refractivity contribution in [2.75, 3.05) is 0 Å². The third kappa shape index (κ3) is 3.14. The van der Waals surface area contributed by atoms with Gasteiger partial charge < -0.3 is 9.15 Å². The van der Waals surface area contributed by atoms with Gasteiger partial charge >= 0.3 is 5.97 Å². The molecule has 0 aliphatic heterocycles. The third-order valence-electron chi connectivity index (χ3n) is 2.62. The molecule has 0 saturated heterocycles. The molecular weight excluding hydrogens is 290 g/mol. The minimum absolute atomic E-state index is 0.0310. The van der Waals surface area contributed by atoms with Crippen molar-refractivity contribution < 1.29 is 13.9 Å². The zero-order valence-corrected chi connectivity index (χ0v) is 12.0. The van der Waals surface area contributed by atoms with E-state index < -0.39 is 5.97 Å². The molecule has 0 amide bonds. The van der Waals surface area contributed by atoms with E-state index in [0.717, 1.165) is 10.6 Å². The molecule has 0 N–H and O–H groups in total. The van der Waals surface area contributed by atoms with Crippen LogP contribution in [0, 0.1) is 6.92 Å². The fraction of sp³-hybridized carbons (Fsp3) is 0.143. The van der Waals surface area contributed by atoms with E-state index in [4.69, 9.17) is 9.15 Å². The Morgan fingerprint density at radius 3 is 3.00 bits per heavy atom. The lowest BCUT2D eigenvalue weighted by Gasteiger charge is -2.01. The van der Waals surface area contributed by atoms with Gasteiger partial charge in [0.2, 0.25) is 5.89 Å². The Balaban J connectivity index is 1.62. The van der Waals surface area contributed by atoms with Crippen LogP contribution in [0.3, 0.4) is 0 Å². The van der Waals surface area contributed by atoms with Crippen molar-refractivity contribution >= 4 is 17.3 Å². The van der Waals surface area contributed by atoms with Gasteiger partial charge in [0.1, 0.15) is 18.6 Å². The van der Waals surface area contributed by atoms with E-state index >= 15 is 0 Å². The minimum atomic E-state index is -0.539. The highest BCUT2D eigenvalue weighted by Crippen LogP contribution is 2.23. The Bertz CT molecular complexity index is 735. The van der Waals surface area contributed by atoms with Crippen molar-refractivity contribution in [2.24, 2.45) is 0 Å². The number of carbonyl (C=O) groups is 1. The zero-order valence-electron chi connectivity index (χ0n) is 11.1. The lowest BCUT2D eigenvalue weighted by molar-refractivity contribution is 0.0460. The Morgan fingerprint density at radius 2 is 2.29 bits per heavy atom. The summed E-state index contributed by atoms with van der Waals surface area (Å²) in [6.45, 7) is 1.83. The van der Waals surface area contributed by atoms with Gasteiger partial charge in [0, 0.05) is 6.20 Å². The summed E-state index contributed by atoms with van der Waals surface area (Å²) in [7, 11) is 0. The van der Waals surface area contributed by atoms with Gasteiger partial charge in [0.15, 0.2) is 5.69 Å². The Morgan fingerprint density at radius 1 is 1.38 bits per heavy atom. The lowest BCUT2D eigenvalue weighted by Crippen LogP contribution is -2.08. The molecule has 0 fully saturated rings. The molecule has 3 heterocycles. The van der Waals surface area contributed by atoms with E-state index in [-0.39, 0.29) is 12.3 Å². The van der Waals surface area contributed by atoms with E-state index in [1.165, 1.54) is 30.0 Å². The standard InChI is InChI=1S/C14H11N3O3S/c1-9-5-16-11(6-15-9)14(18)20-8-10-7-19-13(17-10)12-3-2-4-21-12/h2-7H,8H2,1H3. The molecule has 0 aromatic carbocycles. The van der Waals surface area contributed by atoms with Crippen molar-refractivity contribution in [3.05, 3.63) is 53.3 Å². The summed E-state index contributed by atoms with van der Waals surface area (Å²) < 4.78 is 10.5. The molecule has 0 unspecified atom stereocenters. The molecule has 3 aromatic rings. The quantitative estimate of drug-likeness (QED) is 0.689. The molecule has 3 rings (SSSR count). The maximum Gasteiger partial charge on any atom is 0.358 e. The molecule has 6 nitrogen and oxygen atoms in total. The van der Waals surface area contributed by atoms with Gasteiger partial charge in [0.05, 0.1) is 16.8 Å². The monoisotopic (exact) mass is 301 g/mol. The second kappa shape index (κ2) is 5.84. The normalized spacial score (nSPS) is 10.5. The van der Waals surface area contributed by atoms with Crippen LogP contribution in [-0.2, 0) is 11.3 Å². The van der Waals surface area contributed by atoms with Crippen molar-refractivity contribution in [3.63, 3.8) is 0 Å². The Hall–Kier alpha value is -2.54. The molecule has 0 spiro atoms. The number of esters is 1. The number of nitrogens with zero attached hydrogens (tertiary/aromatic N) is 3. The molecule has 3 aromatic heterocycles. The summed E-state index contributed by atoms with van der Waals surface area (Å²) in [5.74, 6) is -0.0191. The lowest BCUT2D eigenvalue weighted by atomic mass is 10.4. The largest absolute Gasteiger partial charge is 0.454 e. The fourth-order valence-corrected chi connectivity index (χ4v) is 2.25. The van der Waals surface area contributed by atoms with Gasteiger partial charge in [-0.2, -0.15) is 0 Å². The van der Waals surface area contributed by atoms with Gasteiger partial charge in [0.25, 0.3) is 0 Å². The predicted octanol–water partition coefficient (Wildman–Crippen LogP) is 2.86. The first-order chi connectivity index (χ1) is 10.2. The number of hydrogen-bond acceptors (Lipinski definition) is 7. The van der Waals surface area contributed by atoms with Gasteiger partial charge in [-0.05, 0) is 18.4 Å². The van der Waals surface area contributed by atoms with Crippen LogP contribution in [0.15, 0.2) is 40.6 Å². The van der Waals surface area contributed by atoms with Gasteiger partial charge in [-0.1, -0.05) is 6.07 Å². The average molecular weight is 301 g/mol. The Labute approximate surface area is 124 Å². The predicted molar refractivity (Wildman–Crippen MR) is 75.7 cm³/mol. The molecule has 0 aliphatic rings. The molecule has 0 bridgehead atoms. The van der Waals surface area contributed by atoms with E-state index in [1.807, 2.05) is 17.5 Å². The smallest absolute Gasteiger partial charge is 0.358 e. The van der Waals surface area contributed by atoms with Crippen LogP contribution in [0.4, 0.5) is 0 Å². The number of aryl methyl sites for hydroxylation is 1. The third-order valence-corrected chi connectivity index (χ3v) is 3.48. The van der Waals surface area contributed by atoms with E-state index in [2.05, 4.69) is 15.0 Å². The minimum Gasteiger partial charge on any atom is -0.454 e. The maximum absolute atomic E-state index is 11.8. The summed E-state index contributed by atoms with van der Waals surface area (Å²) in [4.78, 5) is 24.9. The summed E-state index contributed by atoms with van der Waals surface area (Å²) in [6, 6.07) is 3.83. The van der Waals surface area contributed by atoms with Gasteiger partial charge in [-0.25, -0.2) is 14.8 Å².